The van der Waals surface area contributed by atoms with Crippen LogP contribution >= 0.6 is 12.2 Å². The number of rotatable bonds is 9. The van der Waals surface area contributed by atoms with Crippen LogP contribution in [-0.4, -0.2) is 34.4 Å². The molecule has 154 valence electrons. The van der Waals surface area contributed by atoms with E-state index >= 15 is 0 Å². The van der Waals surface area contributed by atoms with Gasteiger partial charge in [0.2, 0.25) is 5.78 Å². The summed E-state index contributed by atoms with van der Waals surface area (Å²) in [6.07, 6.45) is 6.57. The summed E-state index contributed by atoms with van der Waals surface area (Å²) in [6.45, 7) is 6.14. The predicted molar refractivity (Wildman–Crippen MR) is 116 cm³/mol. The molecule has 5 heteroatoms. The summed E-state index contributed by atoms with van der Waals surface area (Å²) >= 11 is 5.42. The fourth-order valence-corrected chi connectivity index (χ4v) is 3.55. The minimum absolute atomic E-state index is 0.334. The first-order valence-corrected chi connectivity index (χ1v) is 10.8. The van der Waals surface area contributed by atoms with Crippen LogP contribution in [0.3, 0.4) is 0 Å². The Kier molecular flexibility index (Phi) is 8.61. The van der Waals surface area contributed by atoms with Crippen molar-refractivity contribution in [3.63, 3.8) is 0 Å². The number of likely N-dealkylation sites (tertiary alicyclic amines) is 1. The maximum Gasteiger partial charge on any atom is 0.293 e. The molecule has 28 heavy (non-hydrogen) atoms. The van der Waals surface area contributed by atoms with Crippen LogP contribution in [0, 0.1) is 5.41 Å². The van der Waals surface area contributed by atoms with Crippen LogP contribution in [0.5, 0.6) is 0 Å². The number of ether oxygens (including phenoxy) is 1. The van der Waals surface area contributed by atoms with Crippen molar-refractivity contribution in [2.45, 2.75) is 78.4 Å². The van der Waals surface area contributed by atoms with Gasteiger partial charge in [0.25, 0.3) is 5.91 Å². The van der Waals surface area contributed by atoms with E-state index in [0.717, 1.165) is 38.5 Å². The van der Waals surface area contributed by atoms with Gasteiger partial charge in [0.15, 0.2) is 11.3 Å². The quantitative estimate of drug-likeness (QED) is 0.327. The van der Waals surface area contributed by atoms with Gasteiger partial charge in [-0.05, 0) is 56.3 Å². The smallest absolute Gasteiger partial charge is 0.293 e. The second-order valence-corrected chi connectivity index (χ2v) is 8.65. The fraction of sp³-hybridized carbons (Fsp3) is 0.609. The molecule has 1 aromatic carbocycles. The van der Waals surface area contributed by atoms with E-state index in [2.05, 4.69) is 24.3 Å². The van der Waals surface area contributed by atoms with Crippen molar-refractivity contribution in [2.75, 3.05) is 6.54 Å². The summed E-state index contributed by atoms with van der Waals surface area (Å²) in [5.41, 5.74) is 0.687. The number of nitrogens with zero attached hydrogens (tertiary/aromatic N) is 1. The number of Topliss-reactive ketones (excluding diaryl/α,β-unsaturated/α-hetero) is 1. The number of benzene rings is 1. The molecule has 2 rings (SSSR count). The molecule has 0 N–H and O–H groups in total. The van der Waals surface area contributed by atoms with Gasteiger partial charge < -0.3 is 9.64 Å². The number of amides is 1. The van der Waals surface area contributed by atoms with Crippen molar-refractivity contribution in [2.24, 2.45) is 5.41 Å². The van der Waals surface area contributed by atoms with Crippen LogP contribution in [0.1, 0.15) is 71.3 Å². The maximum atomic E-state index is 12.8. The van der Waals surface area contributed by atoms with Gasteiger partial charge in [-0.25, -0.2) is 0 Å². The van der Waals surface area contributed by atoms with Gasteiger partial charge in [0, 0.05) is 24.8 Å². The Morgan fingerprint density at radius 1 is 1.18 bits per heavy atom. The molecule has 1 saturated heterocycles. The largest absolute Gasteiger partial charge is 0.464 e. The highest BCUT2D eigenvalue weighted by Crippen LogP contribution is 2.26. The van der Waals surface area contributed by atoms with Gasteiger partial charge in [0.05, 0.1) is 0 Å². The van der Waals surface area contributed by atoms with Crippen molar-refractivity contribution in [3.05, 3.63) is 35.9 Å². The van der Waals surface area contributed by atoms with Gasteiger partial charge in [-0.15, -0.1) is 0 Å². The molecule has 0 radical (unpaired) electrons. The molecule has 0 aromatic heterocycles. The van der Waals surface area contributed by atoms with E-state index < -0.39 is 17.6 Å². The molecule has 0 bridgehead atoms. The van der Waals surface area contributed by atoms with E-state index in [1.165, 1.54) is 5.56 Å². The molecule has 1 aliphatic rings. The minimum atomic E-state index is -0.642. The lowest BCUT2D eigenvalue weighted by Gasteiger charge is -2.36. The van der Waals surface area contributed by atoms with Gasteiger partial charge in [-0.2, -0.15) is 0 Å². The second kappa shape index (κ2) is 10.7. The monoisotopic (exact) mass is 403 g/mol. The number of carbonyl (C=O) groups excluding carboxylic acids is 2. The molecule has 4 nitrogen and oxygen atoms in total. The van der Waals surface area contributed by atoms with E-state index in [1.807, 2.05) is 26.8 Å². The molecule has 0 saturated carbocycles. The lowest BCUT2D eigenvalue weighted by Crippen LogP contribution is -2.51. The van der Waals surface area contributed by atoms with Crippen molar-refractivity contribution < 1.29 is 14.3 Å². The summed E-state index contributed by atoms with van der Waals surface area (Å²) in [5.74, 6) is -0.761. The average molecular weight is 404 g/mol. The van der Waals surface area contributed by atoms with Crippen molar-refractivity contribution in [3.8, 4) is 0 Å². The minimum Gasteiger partial charge on any atom is -0.464 e. The van der Waals surface area contributed by atoms with Crippen molar-refractivity contribution in [1.82, 2.24) is 4.90 Å². The van der Waals surface area contributed by atoms with Gasteiger partial charge >= 0.3 is 0 Å². The summed E-state index contributed by atoms with van der Waals surface area (Å²) in [5, 5.41) is 0.542. The summed E-state index contributed by atoms with van der Waals surface area (Å²) in [7, 11) is 0. The zero-order valence-corrected chi connectivity index (χ0v) is 18.2. The SMILES string of the molecule is CCC(C)(C)C(=O)C(=O)N1CCCCC1OC(=S)CCCCc1ccccc1. The first-order chi connectivity index (χ1) is 13.3. The van der Waals surface area contributed by atoms with E-state index in [-0.39, 0.29) is 5.78 Å². The van der Waals surface area contributed by atoms with Gasteiger partial charge in [0.1, 0.15) is 0 Å². The number of hydrogen-bond acceptors (Lipinski definition) is 4. The van der Waals surface area contributed by atoms with Crippen LogP contribution in [0.15, 0.2) is 30.3 Å². The van der Waals surface area contributed by atoms with Crippen LogP contribution < -0.4 is 0 Å². The molecular formula is C23H33NO3S. The lowest BCUT2D eigenvalue weighted by molar-refractivity contribution is -0.156. The van der Waals surface area contributed by atoms with Gasteiger partial charge in [-0.1, -0.05) is 51.1 Å². The summed E-state index contributed by atoms with van der Waals surface area (Å²) in [6, 6.07) is 10.4. The molecule has 1 amide bonds. The summed E-state index contributed by atoms with van der Waals surface area (Å²) < 4.78 is 5.96. The lowest BCUT2D eigenvalue weighted by atomic mass is 9.84. The molecular weight excluding hydrogens is 370 g/mol. The third kappa shape index (κ3) is 6.40. The average Bonchev–Trinajstić information content (AvgIpc) is 2.71. The first-order valence-electron chi connectivity index (χ1n) is 10.4. The van der Waals surface area contributed by atoms with Crippen LogP contribution in [0.4, 0.5) is 0 Å². The number of ketones is 1. The second-order valence-electron chi connectivity index (χ2n) is 8.20. The first kappa shape index (κ1) is 22.5. The van der Waals surface area contributed by atoms with Crippen LogP contribution in [0.2, 0.25) is 0 Å². The highest BCUT2D eigenvalue weighted by atomic mass is 32.1. The van der Waals surface area contributed by atoms with Crippen LogP contribution in [0.25, 0.3) is 0 Å². The Bertz CT molecular complexity index is 672. The Hall–Kier alpha value is -1.75. The molecule has 1 unspecified atom stereocenters. The number of carbonyl (C=O) groups is 2. The third-order valence-electron chi connectivity index (χ3n) is 5.61. The van der Waals surface area contributed by atoms with Gasteiger partial charge in [-0.3, -0.25) is 9.59 Å². The Morgan fingerprint density at radius 3 is 2.57 bits per heavy atom. The highest BCUT2D eigenvalue weighted by Gasteiger charge is 2.38. The maximum absolute atomic E-state index is 12.8. The van der Waals surface area contributed by atoms with Crippen molar-refractivity contribution in [1.29, 1.82) is 0 Å². The topological polar surface area (TPSA) is 46.6 Å². The highest BCUT2D eigenvalue weighted by molar-refractivity contribution is 7.80. The predicted octanol–water partition coefficient (Wildman–Crippen LogP) is 5.09. The number of unbranched alkanes of at least 4 members (excludes halogenated alkanes) is 1. The third-order valence-corrected chi connectivity index (χ3v) is 5.91. The summed E-state index contributed by atoms with van der Waals surface area (Å²) in [4.78, 5) is 27.0. The molecule has 1 aromatic rings. The standard InChI is InChI=1S/C23H33NO3S/c1-4-23(2,3)21(25)22(26)24-17-11-10-15-19(24)27-20(28)16-9-8-14-18-12-6-5-7-13-18/h5-7,12-13,19H,4,8-11,14-17H2,1-3H3. The van der Waals surface area contributed by atoms with E-state index in [0.29, 0.717) is 24.4 Å². The number of piperidine rings is 1. The molecule has 1 aliphatic heterocycles. The number of thiocarbonyl (C=S) groups is 1. The van der Waals surface area contributed by atoms with E-state index in [9.17, 15) is 9.59 Å². The van der Waals surface area contributed by atoms with E-state index in [4.69, 9.17) is 17.0 Å². The molecule has 1 heterocycles. The zero-order valence-electron chi connectivity index (χ0n) is 17.4. The van der Waals surface area contributed by atoms with E-state index in [1.54, 1.807) is 4.90 Å². The normalized spacial score (nSPS) is 17.2. The van der Waals surface area contributed by atoms with Crippen molar-refractivity contribution >= 4 is 29.0 Å². The zero-order chi connectivity index (χ0) is 20.6. The van der Waals surface area contributed by atoms with Crippen LogP contribution in [-0.2, 0) is 20.7 Å². The molecule has 0 aliphatic carbocycles. The fourth-order valence-electron chi connectivity index (χ4n) is 3.29. The number of aryl methyl sites for hydroxylation is 1. The Labute approximate surface area is 174 Å². The Balaban J connectivity index is 1.83. The molecule has 1 fully saturated rings. The number of hydrogen-bond donors (Lipinski definition) is 0. The molecule has 1 atom stereocenters. The molecule has 0 spiro atoms. The Morgan fingerprint density at radius 2 is 1.89 bits per heavy atom.